The SMILES string of the molecule is O=C(NC1CC1)c1cccc(NS(=O)(=O)c2cccc(Cl)c2F)c1. The van der Waals surface area contributed by atoms with E-state index in [1.807, 2.05) is 0 Å². The number of carbonyl (C=O) groups is 1. The molecule has 2 N–H and O–H groups in total. The minimum absolute atomic E-state index is 0.165. The lowest BCUT2D eigenvalue weighted by atomic mass is 10.2. The molecule has 0 unspecified atom stereocenters. The van der Waals surface area contributed by atoms with Gasteiger partial charge in [0.1, 0.15) is 4.90 Å². The first kappa shape index (κ1) is 16.7. The lowest BCUT2D eigenvalue weighted by Gasteiger charge is -2.11. The third-order valence-electron chi connectivity index (χ3n) is 3.50. The molecule has 0 bridgehead atoms. The van der Waals surface area contributed by atoms with Crippen LogP contribution in [0.1, 0.15) is 23.2 Å². The van der Waals surface area contributed by atoms with E-state index < -0.39 is 20.7 Å². The van der Waals surface area contributed by atoms with Crippen molar-refractivity contribution in [2.24, 2.45) is 0 Å². The van der Waals surface area contributed by atoms with Gasteiger partial charge in [0.25, 0.3) is 15.9 Å². The minimum Gasteiger partial charge on any atom is -0.349 e. The molecular formula is C16H14ClFN2O3S. The summed E-state index contributed by atoms with van der Waals surface area (Å²) in [6.45, 7) is 0. The Kier molecular flexibility index (Phi) is 4.47. The molecule has 0 atom stereocenters. The second-order valence-corrected chi connectivity index (χ2v) is 7.54. The highest BCUT2D eigenvalue weighted by molar-refractivity contribution is 7.92. The summed E-state index contributed by atoms with van der Waals surface area (Å²) < 4.78 is 40.9. The van der Waals surface area contributed by atoms with E-state index in [1.165, 1.54) is 24.3 Å². The van der Waals surface area contributed by atoms with Crippen molar-refractivity contribution in [2.45, 2.75) is 23.8 Å². The van der Waals surface area contributed by atoms with Gasteiger partial charge >= 0.3 is 0 Å². The zero-order valence-corrected chi connectivity index (χ0v) is 14.0. The molecule has 0 heterocycles. The van der Waals surface area contributed by atoms with Gasteiger partial charge < -0.3 is 5.32 Å². The average Bonchev–Trinajstić information content (AvgIpc) is 3.33. The van der Waals surface area contributed by atoms with Gasteiger partial charge in [-0.05, 0) is 43.2 Å². The Morgan fingerprint density at radius 2 is 1.88 bits per heavy atom. The summed E-state index contributed by atoms with van der Waals surface area (Å²) in [5, 5.41) is 2.53. The maximum absolute atomic E-state index is 13.9. The van der Waals surface area contributed by atoms with Crippen molar-refractivity contribution in [2.75, 3.05) is 4.72 Å². The highest BCUT2D eigenvalue weighted by atomic mass is 35.5. The molecule has 0 aliphatic heterocycles. The van der Waals surface area contributed by atoms with Gasteiger partial charge in [0.2, 0.25) is 0 Å². The predicted molar refractivity (Wildman–Crippen MR) is 89.1 cm³/mol. The first-order chi connectivity index (χ1) is 11.4. The van der Waals surface area contributed by atoms with Gasteiger partial charge in [0.15, 0.2) is 5.82 Å². The zero-order valence-electron chi connectivity index (χ0n) is 12.4. The highest BCUT2D eigenvalue weighted by Gasteiger charge is 2.24. The van der Waals surface area contributed by atoms with Crippen molar-refractivity contribution in [1.29, 1.82) is 0 Å². The summed E-state index contributed by atoms with van der Waals surface area (Å²) in [4.78, 5) is 11.5. The van der Waals surface area contributed by atoms with E-state index in [9.17, 15) is 17.6 Å². The van der Waals surface area contributed by atoms with Gasteiger partial charge in [-0.25, -0.2) is 12.8 Å². The number of sulfonamides is 1. The summed E-state index contributed by atoms with van der Waals surface area (Å²) >= 11 is 5.62. The van der Waals surface area contributed by atoms with Crippen LogP contribution in [0.25, 0.3) is 0 Å². The van der Waals surface area contributed by atoms with Crippen LogP contribution in [0.4, 0.5) is 10.1 Å². The molecule has 24 heavy (non-hydrogen) atoms. The summed E-state index contributed by atoms with van der Waals surface area (Å²) in [6.07, 6.45) is 1.90. The van der Waals surface area contributed by atoms with Crippen molar-refractivity contribution in [1.82, 2.24) is 5.32 Å². The maximum Gasteiger partial charge on any atom is 0.264 e. The number of anilines is 1. The zero-order chi connectivity index (χ0) is 17.3. The number of nitrogens with one attached hydrogen (secondary N) is 2. The van der Waals surface area contributed by atoms with E-state index in [2.05, 4.69) is 10.0 Å². The van der Waals surface area contributed by atoms with Gasteiger partial charge in [0, 0.05) is 17.3 Å². The summed E-state index contributed by atoms with van der Waals surface area (Å²) in [7, 11) is -4.16. The van der Waals surface area contributed by atoms with Crippen LogP contribution in [0, 0.1) is 5.82 Å². The number of amides is 1. The number of benzene rings is 2. The second-order valence-electron chi connectivity index (χ2n) is 5.49. The summed E-state index contributed by atoms with van der Waals surface area (Å²) in [6, 6.07) is 9.93. The largest absolute Gasteiger partial charge is 0.349 e. The molecule has 0 saturated heterocycles. The van der Waals surface area contributed by atoms with E-state index in [4.69, 9.17) is 11.6 Å². The fourth-order valence-corrected chi connectivity index (χ4v) is 3.50. The number of carbonyl (C=O) groups excluding carboxylic acids is 1. The van der Waals surface area contributed by atoms with Crippen molar-refractivity contribution < 1.29 is 17.6 Å². The molecular weight excluding hydrogens is 355 g/mol. The van der Waals surface area contributed by atoms with Gasteiger partial charge in [-0.1, -0.05) is 23.7 Å². The Labute approximate surface area is 143 Å². The van der Waals surface area contributed by atoms with E-state index in [-0.39, 0.29) is 22.7 Å². The number of halogens is 2. The van der Waals surface area contributed by atoms with Crippen molar-refractivity contribution in [3.05, 3.63) is 58.9 Å². The molecule has 1 aliphatic carbocycles. The summed E-state index contributed by atoms with van der Waals surface area (Å²) in [5.41, 5.74) is 0.492. The third-order valence-corrected chi connectivity index (χ3v) is 5.19. The topological polar surface area (TPSA) is 75.3 Å². The Morgan fingerprint density at radius 3 is 2.58 bits per heavy atom. The lowest BCUT2D eigenvalue weighted by Crippen LogP contribution is -2.25. The van der Waals surface area contributed by atoms with Crippen molar-refractivity contribution >= 4 is 33.2 Å². The maximum atomic E-state index is 13.9. The van der Waals surface area contributed by atoms with E-state index in [0.29, 0.717) is 5.56 Å². The molecule has 2 aromatic carbocycles. The predicted octanol–water partition coefficient (Wildman–Crippen LogP) is 3.17. The normalized spacial score (nSPS) is 14.2. The van der Waals surface area contributed by atoms with Crippen molar-refractivity contribution in [3.8, 4) is 0 Å². The van der Waals surface area contributed by atoms with Gasteiger partial charge in [0.05, 0.1) is 5.02 Å². The van der Waals surface area contributed by atoms with Crippen LogP contribution in [0.5, 0.6) is 0 Å². The molecule has 8 heteroatoms. The molecule has 1 saturated carbocycles. The van der Waals surface area contributed by atoms with Crippen LogP contribution in [0.3, 0.4) is 0 Å². The molecule has 1 amide bonds. The average molecular weight is 369 g/mol. The van der Waals surface area contributed by atoms with E-state index in [1.54, 1.807) is 12.1 Å². The molecule has 1 fully saturated rings. The van der Waals surface area contributed by atoms with Crippen LogP contribution in [0.15, 0.2) is 47.4 Å². The van der Waals surface area contributed by atoms with Crippen molar-refractivity contribution in [3.63, 3.8) is 0 Å². The molecule has 126 valence electrons. The fourth-order valence-electron chi connectivity index (χ4n) is 2.12. The highest BCUT2D eigenvalue weighted by Crippen LogP contribution is 2.25. The smallest absolute Gasteiger partial charge is 0.264 e. The Balaban J connectivity index is 1.84. The number of rotatable bonds is 5. The molecule has 3 rings (SSSR count). The fraction of sp³-hybridized carbons (Fsp3) is 0.188. The first-order valence-corrected chi connectivity index (χ1v) is 9.11. The van der Waals surface area contributed by atoms with Crippen LogP contribution in [-0.4, -0.2) is 20.4 Å². The standard InChI is InChI=1S/C16H14ClFN2O3S/c17-13-5-2-6-14(15(13)18)24(22,23)20-12-4-1-3-10(9-12)16(21)19-11-7-8-11/h1-6,9,11,20H,7-8H2,(H,19,21). The molecule has 0 radical (unpaired) electrons. The molecule has 0 aromatic heterocycles. The molecule has 5 nitrogen and oxygen atoms in total. The van der Waals surface area contributed by atoms with E-state index >= 15 is 0 Å². The molecule has 1 aliphatic rings. The van der Waals surface area contributed by atoms with Gasteiger partial charge in [-0.15, -0.1) is 0 Å². The van der Waals surface area contributed by atoms with Crippen LogP contribution >= 0.6 is 11.6 Å². The number of hydrogen-bond acceptors (Lipinski definition) is 3. The molecule has 2 aromatic rings. The Hall–Kier alpha value is -2.12. The Morgan fingerprint density at radius 1 is 1.17 bits per heavy atom. The quantitative estimate of drug-likeness (QED) is 0.851. The van der Waals surface area contributed by atoms with Gasteiger partial charge in [-0.3, -0.25) is 9.52 Å². The Bertz CT molecular complexity index is 898. The first-order valence-electron chi connectivity index (χ1n) is 7.24. The monoisotopic (exact) mass is 368 g/mol. The minimum atomic E-state index is -4.16. The van der Waals surface area contributed by atoms with Crippen LogP contribution < -0.4 is 10.0 Å². The second kappa shape index (κ2) is 6.41. The number of hydrogen-bond donors (Lipinski definition) is 2. The van der Waals surface area contributed by atoms with Crippen LogP contribution in [0.2, 0.25) is 5.02 Å². The lowest BCUT2D eigenvalue weighted by molar-refractivity contribution is 0.0951. The molecule has 0 spiro atoms. The summed E-state index contributed by atoms with van der Waals surface area (Å²) in [5.74, 6) is -1.29. The van der Waals surface area contributed by atoms with E-state index in [0.717, 1.165) is 18.9 Å². The third kappa shape index (κ3) is 3.68. The van der Waals surface area contributed by atoms with Gasteiger partial charge in [-0.2, -0.15) is 0 Å². The van der Waals surface area contributed by atoms with Crippen LogP contribution in [-0.2, 0) is 10.0 Å².